The van der Waals surface area contributed by atoms with Gasteiger partial charge < -0.3 is 14.9 Å². The molecule has 3 aliphatic rings. The lowest BCUT2D eigenvalue weighted by atomic mass is 9.64. The summed E-state index contributed by atoms with van der Waals surface area (Å²) in [5.41, 5.74) is 4.75. The van der Waals surface area contributed by atoms with Crippen molar-refractivity contribution in [2.75, 3.05) is 6.61 Å². The van der Waals surface area contributed by atoms with Crippen molar-refractivity contribution in [1.29, 1.82) is 0 Å². The molecule has 0 amide bonds. The van der Waals surface area contributed by atoms with Gasteiger partial charge in [0.2, 0.25) is 0 Å². The van der Waals surface area contributed by atoms with Crippen LogP contribution in [0.4, 0.5) is 0 Å². The van der Waals surface area contributed by atoms with Crippen LogP contribution in [0, 0.1) is 16.7 Å². The van der Waals surface area contributed by atoms with E-state index in [1.54, 1.807) is 5.57 Å². The van der Waals surface area contributed by atoms with E-state index in [1.807, 2.05) is 20.8 Å². The highest BCUT2D eigenvalue weighted by Gasteiger charge is 2.44. The Morgan fingerprint density at radius 2 is 2.06 bits per heavy atom. The first kappa shape index (κ1) is 24.6. The lowest BCUT2D eigenvalue weighted by Gasteiger charge is -2.41. The van der Waals surface area contributed by atoms with E-state index in [0.717, 1.165) is 29.7 Å². The molecule has 0 aromatic heterocycles. The Morgan fingerprint density at radius 1 is 1.35 bits per heavy atom. The minimum atomic E-state index is -1.42. The number of fused-ring (bicyclic) bond motifs is 1. The number of aliphatic hydroxyl groups excluding tert-OH is 1. The third kappa shape index (κ3) is 5.13. The van der Waals surface area contributed by atoms with Crippen LogP contribution in [0.1, 0.15) is 79.6 Å². The molecule has 2 fully saturated rings. The van der Waals surface area contributed by atoms with Crippen molar-refractivity contribution in [3.05, 3.63) is 47.1 Å². The Morgan fingerprint density at radius 3 is 2.71 bits per heavy atom. The van der Waals surface area contributed by atoms with Crippen molar-refractivity contribution < 1.29 is 14.9 Å². The Labute approximate surface area is 194 Å². The van der Waals surface area contributed by atoms with Gasteiger partial charge in [-0.2, -0.15) is 0 Å². The zero-order chi connectivity index (χ0) is 23.0. The van der Waals surface area contributed by atoms with Gasteiger partial charge in [-0.15, -0.1) is 0 Å². The molecule has 31 heavy (non-hydrogen) atoms. The Kier molecular flexibility index (Phi) is 7.17. The van der Waals surface area contributed by atoms with Gasteiger partial charge in [0.05, 0.1) is 12.7 Å². The number of ether oxygens (including phenoxy) is 1. The first-order valence-corrected chi connectivity index (χ1v) is 12.2. The molecule has 4 atom stereocenters. The summed E-state index contributed by atoms with van der Waals surface area (Å²) in [7, 11) is 0. The van der Waals surface area contributed by atoms with Gasteiger partial charge in [0.15, 0.2) is 5.79 Å². The molecule has 2 saturated carbocycles. The maximum absolute atomic E-state index is 11.1. The summed E-state index contributed by atoms with van der Waals surface area (Å²) in [5, 5.41) is 21.6. The lowest BCUT2D eigenvalue weighted by Crippen LogP contribution is -2.43. The maximum Gasteiger partial charge on any atom is 0.172 e. The second-order valence-corrected chi connectivity index (χ2v) is 11.4. The minimum Gasteiger partial charge on any atom is -0.388 e. The zero-order valence-electron chi connectivity index (χ0n) is 20.0. The molecular weight excluding hydrogens is 404 g/mol. The first-order chi connectivity index (χ1) is 14.4. The topological polar surface area (TPSA) is 49.7 Å². The number of rotatable bonds is 5. The molecule has 3 aliphatic carbocycles. The average Bonchev–Trinajstić information content (AvgIpc) is 3.03. The summed E-state index contributed by atoms with van der Waals surface area (Å²) in [6.45, 7) is 15.1. The molecule has 0 heterocycles. The van der Waals surface area contributed by atoms with Gasteiger partial charge in [-0.3, -0.25) is 0 Å². The predicted octanol–water partition coefficient (Wildman–Crippen LogP) is 6.22. The normalized spacial score (nSPS) is 36.6. The van der Waals surface area contributed by atoms with Crippen molar-refractivity contribution in [2.45, 2.75) is 91.5 Å². The van der Waals surface area contributed by atoms with Crippen molar-refractivity contribution in [3.63, 3.8) is 0 Å². The smallest absolute Gasteiger partial charge is 0.172 e. The van der Waals surface area contributed by atoms with Gasteiger partial charge >= 0.3 is 0 Å². The number of hydrogen-bond acceptors (Lipinski definition) is 4. The quantitative estimate of drug-likeness (QED) is 0.300. The van der Waals surface area contributed by atoms with E-state index >= 15 is 0 Å². The number of aliphatic hydroxyl groups is 2. The molecule has 0 unspecified atom stereocenters. The van der Waals surface area contributed by atoms with Crippen LogP contribution >= 0.6 is 12.2 Å². The van der Waals surface area contributed by atoms with E-state index in [1.165, 1.54) is 18.4 Å². The van der Waals surface area contributed by atoms with Crippen LogP contribution in [0.15, 0.2) is 47.1 Å². The molecule has 0 aromatic rings. The van der Waals surface area contributed by atoms with E-state index in [-0.39, 0.29) is 23.9 Å². The lowest BCUT2D eigenvalue weighted by molar-refractivity contribution is -0.211. The van der Waals surface area contributed by atoms with Crippen LogP contribution in [0.25, 0.3) is 0 Å². The minimum absolute atomic E-state index is 0.122. The summed E-state index contributed by atoms with van der Waals surface area (Å²) in [5.74, 6) is -0.861. The summed E-state index contributed by atoms with van der Waals surface area (Å²) >= 11 is 5.46. The average molecular weight is 445 g/mol. The van der Waals surface area contributed by atoms with E-state index in [9.17, 15) is 10.2 Å². The SMILES string of the molecule is C=C1C(=CC=C2CCC[C@]3(C)C(CC)=CC[C@@H]23)C[C@](O)(OCC(=S)C(C)(C)C)C[C@@H]1O. The van der Waals surface area contributed by atoms with Crippen LogP contribution in [0.5, 0.6) is 0 Å². The highest BCUT2D eigenvalue weighted by Crippen LogP contribution is 2.55. The van der Waals surface area contributed by atoms with Crippen molar-refractivity contribution in [3.8, 4) is 0 Å². The molecular formula is C27H40O3S. The van der Waals surface area contributed by atoms with Crippen molar-refractivity contribution >= 4 is 17.1 Å². The third-order valence-electron chi connectivity index (χ3n) is 7.69. The van der Waals surface area contributed by atoms with Gasteiger partial charge in [-0.1, -0.05) is 82.8 Å². The largest absolute Gasteiger partial charge is 0.388 e. The van der Waals surface area contributed by atoms with Gasteiger partial charge in [0, 0.05) is 17.7 Å². The molecule has 0 aromatic carbocycles. The fourth-order valence-electron chi connectivity index (χ4n) is 5.48. The maximum atomic E-state index is 11.1. The molecule has 0 radical (unpaired) electrons. The second-order valence-electron chi connectivity index (χ2n) is 10.9. The van der Waals surface area contributed by atoms with Crippen LogP contribution in [0.3, 0.4) is 0 Å². The van der Waals surface area contributed by atoms with E-state index in [4.69, 9.17) is 17.0 Å². The van der Waals surface area contributed by atoms with Crippen LogP contribution in [0.2, 0.25) is 0 Å². The predicted molar refractivity (Wildman–Crippen MR) is 132 cm³/mol. The Bertz CT molecular complexity index is 828. The molecule has 4 heteroatoms. The van der Waals surface area contributed by atoms with Gasteiger partial charge in [-0.05, 0) is 60.0 Å². The fraction of sp³-hybridized carbons (Fsp3) is 0.667. The highest BCUT2D eigenvalue weighted by atomic mass is 32.1. The van der Waals surface area contributed by atoms with Crippen LogP contribution < -0.4 is 0 Å². The van der Waals surface area contributed by atoms with Gasteiger partial charge in [0.25, 0.3) is 0 Å². The number of hydrogen-bond donors (Lipinski definition) is 2. The van der Waals surface area contributed by atoms with Crippen molar-refractivity contribution in [1.82, 2.24) is 0 Å². The third-order valence-corrected chi connectivity index (χ3v) is 8.42. The summed E-state index contributed by atoms with van der Waals surface area (Å²) < 4.78 is 5.86. The van der Waals surface area contributed by atoms with Gasteiger partial charge in [-0.25, -0.2) is 0 Å². The molecule has 3 rings (SSSR count). The summed E-state index contributed by atoms with van der Waals surface area (Å²) in [6.07, 6.45) is 12.2. The standard InChI is InChI=1S/C27H40O3S/c1-7-21-12-13-22-19(9-8-14-26(21,22)6)10-11-20-15-27(29,16-23(28)18(20)2)30-17-24(31)25(3,4)5/h10-12,22-23,28-29H,2,7-9,13-17H2,1,3-6H3/t22-,23-,26+,27-/m0/s1. The molecule has 0 bridgehead atoms. The number of allylic oxidation sites excluding steroid dienone is 5. The Balaban J connectivity index is 1.78. The van der Waals surface area contributed by atoms with Crippen LogP contribution in [-0.4, -0.2) is 33.6 Å². The van der Waals surface area contributed by atoms with E-state index in [0.29, 0.717) is 17.9 Å². The first-order valence-electron chi connectivity index (χ1n) is 11.8. The number of thiocarbonyl (C=S) groups is 1. The van der Waals surface area contributed by atoms with Crippen molar-refractivity contribution in [2.24, 2.45) is 16.7 Å². The monoisotopic (exact) mass is 444 g/mol. The second kappa shape index (κ2) is 9.05. The molecule has 3 nitrogen and oxygen atoms in total. The molecule has 2 N–H and O–H groups in total. The van der Waals surface area contributed by atoms with Crippen LogP contribution in [-0.2, 0) is 4.74 Å². The highest BCUT2D eigenvalue weighted by molar-refractivity contribution is 7.80. The summed E-state index contributed by atoms with van der Waals surface area (Å²) in [4.78, 5) is 0.759. The summed E-state index contributed by atoms with van der Waals surface area (Å²) in [6, 6.07) is 0. The molecule has 0 saturated heterocycles. The fourth-order valence-corrected chi connectivity index (χ4v) is 5.54. The molecule has 0 aliphatic heterocycles. The zero-order valence-corrected chi connectivity index (χ0v) is 20.8. The van der Waals surface area contributed by atoms with E-state index < -0.39 is 11.9 Å². The molecule has 0 spiro atoms. The Hall–Kier alpha value is -1.07. The van der Waals surface area contributed by atoms with E-state index in [2.05, 4.69) is 38.7 Å². The molecule has 172 valence electrons. The van der Waals surface area contributed by atoms with Gasteiger partial charge in [0.1, 0.15) is 0 Å².